The fourth-order valence-electron chi connectivity index (χ4n) is 0.596. The van der Waals surface area contributed by atoms with Crippen LogP contribution in [0.4, 0.5) is 0 Å². The van der Waals surface area contributed by atoms with Gasteiger partial charge in [0.1, 0.15) is 5.75 Å². The molecule has 0 radical (unpaired) electrons. The van der Waals surface area contributed by atoms with Gasteiger partial charge in [-0.3, -0.25) is 0 Å². The minimum atomic E-state index is 0.337. The van der Waals surface area contributed by atoms with Crippen molar-refractivity contribution in [2.45, 2.75) is 20.8 Å². The SMILES string of the molecule is CC.Cc1c(O)cccc1Br. The molecule has 0 aliphatic heterocycles. The summed E-state index contributed by atoms with van der Waals surface area (Å²) in [4.78, 5) is 0. The van der Waals surface area contributed by atoms with Crippen LogP contribution in [0, 0.1) is 6.92 Å². The molecule has 0 saturated heterocycles. The minimum absolute atomic E-state index is 0.337. The standard InChI is InChI=1S/C7H7BrO.C2H6/c1-5-6(8)3-2-4-7(5)9;1-2/h2-4,9H,1H3;1-2H3. The molecule has 1 aromatic carbocycles. The van der Waals surface area contributed by atoms with Crippen LogP contribution < -0.4 is 0 Å². The van der Waals surface area contributed by atoms with E-state index in [4.69, 9.17) is 5.11 Å². The second-order valence-corrected chi connectivity index (χ2v) is 2.74. The van der Waals surface area contributed by atoms with E-state index in [2.05, 4.69) is 15.9 Å². The van der Waals surface area contributed by atoms with E-state index in [-0.39, 0.29) is 0 Å². The van der Waals surface area contributed by atoms with Crippen molar-refractivity contribution >= 4 is 15.9 Å². The van der Waals surface area contributed by atoms with Crippen LogP contribution in [0.25, 0.3) is 0 Å². The monoisotopic (exact) mass is 216 g/mol. The van der Waals surface area contributed by atoms with Crippen molar-refractivity contribution in [3.63, 3.8) is 0 Å². The Morgan fingerprint density at radius 2 is 1.82 bits per heavy atom. The molecule has 62 valence electrons. The van der Waals surface area contributed by atoms with Gasteiger partial charge in [0, 0.05) is 10.0 Å². The lowest BCUT2D eigenvalue weighted by molar-refractivity contribution is 0.470. The molecular weight excluding hydrogens is 204 g/mol. The van der Waals surface area contributed by atoms with Gasteiger partial charge in [0.15, 0.2) is 0 Å². The van der Waals surface area contributed by atoms with Gasteiger partial charge >= 0.3 is 0 Å². The lowest BCUT2D eigenvalue weighted by Gasteiger charge is -1.97. The molecule has 1 aromatic rings. The van der Waals surface area contributed by atoms with Crippen molar-refractivity contribution in [1.82, 2.24) is 0 Å². The van der Waals surface area contributed by atoms with Gasteiger partial charge in [0.25, 0.3) is 0 Å². The highest BCUT2D eigenvalue weighted by atomic mass is 79.9. The second kappa shape index (κ2) is 5.19. The first-order valence-electron chi connectivity index (χ1n) is 3.66. The Morgan fingerprint density at radius 1 is 1.27 bits per heavy atom. The summed E-state index contributed by atoms with van der Waals surface area (Å²) in [7, 11) is 0. The van der Waals surface area contributed by atoms with Crippen molar-refractivity contribution in [2.75, 3.05) is 0 Å². The quantitative estimate of drug-likeness (QED) is 0.705. The first-order chi connectivity index (χ1) is 5.22. The van der Waals surface area contributed by atoms with Gasteiger partial charge in [0.05, 0.1) is 0 Å². The van der Waals surface area contributed by atoms with E-state index < -0.39 is 0 Å². The minimum Gasteiger partial charge on any atom is -0.508 e. The second-order valence-electron chi connectivity index (χ2n) is 1.88. The van der Waals surface area contributed by atoms with E-state index in [1.54, 1.807) is 12.1 Å². The average molecular weight is 217 g/mol. The lowest BCUT2D eigenvalue weighted by atomic mass is 10.2. The number of hydrogen-bond acceptors (Lipinski definition) is 1. The summed E-state index contributed by atoms with van der Waals surface area (Å²) in [6.07, 6.45) is 0. The third kappa shape index (κ3) is 2.93. The zero-order chi connectivity index (χ0) is 8.85. The predicted octanol–water partition coefficient (Wildman–Crippen LogP) is 3.49. The van der Waals surface area contributed by atoms with Gasteiger partial charge in [-0.1, -0.05) is 35.8 Å². The summed E-state index contributed by atoms with van der Waals surface area (Å²) in [6, 6.07) is 5.36. The molecule has 0 heterocycles. The molecule has 0 aliphatic carbocycles. The molecule has 0 spiro atoms. The first kappa shape index (κ1) is 10.5. The van der Waals surface area contributed by atoms with Gasteiger partial charge in [-0.2, -0.15) is 0 Å². The third-order valence-electron chi connectivity index (χ3n) is 1.24. The fourth-order valence-corrected chi connectivity index (χ4v) is 0.952. The van der Waals surface area contributed by atoms with E-state index in [9.17, 15) is 0 Å². The molecule has 1 N–H and O–H groups in total. The van der Waals surface area contributed by atoms with Crippen molar-refractivity contribution in [3.05, 3.63) is 28.2 Å². The predicted molar refractivity (Wildman–Crippen MR) is 51.9 cm³/mol. The summed E-state index contributed by atoms with van der Waals surface area (Å²) < 4.78 is 0.947. The van der Waals surface area contributed by atoms with Crippen LogP contribution in [0.2, 0.25) is 0 Å². The van der Waals surface area contributed by atoms with E-state index in [1.807, 2.05) is 26.8 Å². The number of phenols is 1. The van der Waals surface area contributed by atoms with Gasteiger partial charge in [0.2, 0.25) is 0 Å². The molecule has 0 amide bonds. The van der Waals surface area contributed by atoms with E-state index in [0.29, 0.717) is 5.75 Å². The summed E-state index contributed by atoms with van der Waals surface area (Å²) in [5, 5.41) is 9.07. The van der Waals surface area contributed by atoms with Gasteiger partial charge in [-0.05, 0) is 19.1 Å². The maximum absolute atomic E-state index is 9.07. The lowest BCUT2D eigenvalue weighted by Crippen LogP contribution is -1.74. The molecule has 0 aromatic heterocycles. The van der Waals surface area contributed by atoms with E-state index in [0.717, 1.165) is 10.0 Å². The Bertz CT molecular complexity index is 201. The molecular formula is C9H13BrO. The van der Waals surface area contributed by atoms with E-state index >= 15 is 0 Å². The summed E-state index contributed by atoms with van der Waals surface area (Å²) in [6.45, 7) is 5.86. The highest BCUT2D eigenvalue weighted by Gasteiger charge is 1.96. The van der Waals surface area contributed by atoms with Crippen LogP contribution >= 0.6 is 15.9 Å². The van der Waals surface area contributed by atoms with Crippen molar-refractivity contribution in [2.24, 2.45) is 0 Å². The summed E-state index contributed by atoms with van der Waals surface area (Å²) in [5.74, 6) is 0.337. The Hall–Kier alpha value is -0.500. The number of halogens is 1. The summed E-state index contributed by atoms with van der Waals surface area (Å²) in [5.41, 5.74) is 0.887. The molecule has 0 bridgehead atoms. The zero-order valence-electron chi connectivity index (χ0n) is 7.06. The molecule has 11 heavy (non-hydrogen) atoms. The van der Waals surface area contributed by atoms with Crippen molar-refractivity contribution in [3.8, 4) is 5.75 Å². The molecule has 0 aliphatic rings. The molecule has 2 heteroatoms. The summed E-state index contributed by atoms with van der Waals surface area (Å²) >= 11 is 3.29. The highest BCUT2D eigenvalue weighted by Crippen LogP contribution is 2.23. The van der Waals surface area contributed by atoms with Crippen molar-refractivity contribution in [1.29, 1.82) is 0 Å². The van der Waals surface area contributed by atoms with Crippen LogP contribution in [-0.2, 0) is 0 Å². The maximum Gasteiger partial charge on any atom is 0.119 e. The molecule has 0 saturated carbocycles. The topological polar surface area (TPSA) is 20.2 Å². The van der Waals surface area contributed by atoms with Crippen LogP contribution in [0.3, 0.4) is 0 Å². The van der Waals surface area contributed by atoms with Gasteiger partial charge in [-0.15, -0.1) is 0 Å². The fraction of sp³-hybridized carbons (Fsp3) is 0.333. The number of aromatic hydroxyl groups is 1. The largest absolute Gasteiger partial charge is 0.508 e. The average Bonchev–Trinajstić information content (AvgIpc) is 2.04. The Balaban J connectivity index is 0.000000461. The Kier molecular flexibility index (Phi) is 4.95. The number of hydrogen-bond donors (Lipinski definition) is 1. The number of rotatable bonds is 0. The highest BCUT2D eigenvalue weighted by molar-refractivity contribution is 9.10. The first-order valence-corrected chi connectivity index (χ1v) is 4.45. The Morgan fingerprint density at radius 3 is 2.18 bits per heavy atom. The molecule has 1 rings (SSSR count). The van der Waals surface area contributed by atoms with Crippen LogP contribution in [-0.4, -0.2) is 5.11 Å². The number of phenolic OH excluding ortho intramolecular Hbond substituents is 1. The molecule has 1 nitrogen and oxygen atoms in total. The zero-order valence-corrected chi connectivity index (χ0v) is 8.64. The normalized spacial score (nSPS) is 8.36. The van der Waals surface area contributed by atoms with Crippen LogP contribution in [0.1, 0.15) is 19.4 Å². The van der Waals surface area contributed by atoms with Gasteiger partial charge < -0.3 is 5.11 Å². The van der Waals surface area contributed by atoms with Crippen LogP contribution in [0.15, 0.2) is 22.7 Å². The van der Waals surface area contributed by atoms with E-state index in [1.165, 1.54) is 0 Å². The molecule has 0 atom stereocenters. The third-order valence-corrected chi connectivity index (χ3v) is 2.10. The molecule has 0 fully saturated rings. The van der Waals surface area contributed by atoms with Crippen LogP contribution in [0.5, 0.6) is 5.75 Å². The van der Waals surface area contributed by atoms with Crippen molar-refractivity contribution < 1.29 is 5.11 Å². The molecule has 0 unspecified atom stereocenters. The number of benzene rings is 1. The van der Waals surface area contributed by atoms with Gasteiger partial charge in [-0.25, -0.2) is 0 Å². The maximum atomic E-state index is 9.07. The Labute approximate surface area is 76.2 Å². The smallest absolute Gasteiger partial charge is 0.119 e.